The first kappa shape index (κ1) is 15.2. The molecule has 1 amide bonds. The van der Waals surface area contributed by atoms with Crippen LogP contribution in [0.4, 0.5) is 5.69 Å². The lowest BCUT2D eigenvalue weighted by Gasteiger charge is -2.31. The van der Waals surface area contributed by atoms with Crippen LogP contribution in [0.1, 0.15) is 30.1 Å². The van der Waals surface area contributed by atoms with Crippen LogP contribution in [0.3, 0.4) is 0 Å². The number of nitrogens with two attached hydrogens (primary N) is 1. The molecule has 1 aliphatic heterocycles. The summed E-state index contributed by atoms with van der Waals surface area (Å²) in [5, 5.41) is 11.1. The standard InChI is InChI=1S/C14H19N3O4/c1-2-21-13-11(6-3-7-12(13)17(19)20)14(18)16-8-4-5-10(15)9-16/h3,6-7,10H,2,4-5,8-9,15H2,1H3. The number of carbonyl (C=O) groups is 1. The van der Waals surface area contributed by atoms with Crippen molar-refractivity contribution in [2.75, 3.05) is 19.7 Å². The third kappa shape index (κ3) is 3.30. The molecule has 0 saturated carbocycles. The Morgan fingerprint density at radius 1 is 1.57 bits per heavy atom. The molecule has 7 nitrogen and oxygen atoms in total. The monoisotopic (exact) mass is 293 g/mol. The van der Waals surface area contributed by atoms with Crippen molar-refractivity contribution in [1.82, 2.24) is 4.90 Å². The number of likely N-dealkylation sites (tertiary alicyclic amines) is 1. The first-order chi connectivity index (χ1) is 10.0. The van der Waals surface area contributed by atoms with Gasteiger partial charge in [-0.25, -0.2) is 0 Å². The fourth-order valence-electron chi connectivity index (χ4n) is 2.50. The highest BCUT2D eigenvalue weighted by molar-refractivity contribution is 5.98. The number of nitro groups is 1. The molecule has 2 rings (SSSR count). The van der Waals surface area contributed by atoms with Gasteiger partial charge in [0.25, 0.3) is 5.91 Å². The van der Waals surface area contributed by atoms with Gasteiger partial charge in [-0.3, -0.25) is 14.9 Å². The summed E-state index contributed by atoms with van der Waals surface area (Å²) in [5.74, 6) is -0.230. The van der Waals surface area contributed by atoms with E-state index in [9.17, 15) is 14.9 Å². The van der Waals surface area contributed by atoms with Gasteiger partial charge in [0, 0.05) is 25.2 Å². The minimum absolute atomic E-state index is 0.0362. The highest BCUT2D eigenvalue weighted by Gasteiger charge is 2.28. The maximum atomic E-state index is 12.6. The van der Waals surface area contributed by atoms with Gasteiger partial charge in [-0.05, 0) is 25.8 Å². The summed E-state index contributed by atoms with van der Waals surface area (Å²) in [7, 11) is 0. The maximum absolute atomic E-state index is 12.6. The van der Waals surface area contributed by atoms with Crippen molar-refractivity contribution >= 4 is 11.6 Å². The Kier molecular flexibility index (Phi) is 4.74. The number of hydrogen-bond donors (Lipinski definition) is 1. The SMILES string of the molecule is CCOc1c(C(=O)N2CCCC(N)C2)cccc1[N+](=O)[O-]. The van der Waals surface area contributed by atoms with Crippen molar-refractivity contribution in [3.8, 4) is 5.75 Å². The molecule has 1 fully saturated rings. The molecular formula is C14H19N3O4. The molecule has 114 valence electrons. The molecule has 1 unspecified atom stereocenters. The molecule has 21 heavy (non-hydrogen) atoms. The zero-order valence-corrected chi connectivity index (χ0v) is 11.9. The first-order valence-corrected chi connectivity index (χ1v) is 6.99. The van der Waals surface area contributed by atoms with Gasteiger partial charge < -0.3 is 15.4 Å². The van der Waals surface area contributed by atoms with Crippen LogP contribution in [-0.2, 0) is 0 Å². The Hall–Kier alpha value is -2.15. The molecule has 1 aromatic rings. The second-order valence-corrected chi connectivity index (χ2v) is 5.00. The second-order valence-electron chi connectivity index (χ2n) is 5.00. The number of nitrogens with zero attached hydrogens (tertiary/aromatic N) is 2. The van der Waals surface area contributed by atoms with E-state index in [0.29, 0.717) is 13.1 Å². The number of carbonyl (C=O) groups excluding carboxylic acids is 1. The summed E-state index contributed by atoms with van der Waals surface area (Å²) in [6, 6.07) is 4.35. The molecule has 1 heterocycles. The maximum Gasteiger partial charge on any atom is 0.311 e. The minimum atomic E-state index is -0.538. The van der Waals surface area contributed by atoms with E-state index >= 15 is 0 Å². The van der Waals surface area contributed by atoms with E-state index < -0.39 is 4.92 Å². The van der Waals surface area contributed by atoms with E-state index in [1.807, 2.05) is 0 Å². The third-order valence-corrected chi connectivity index (χ3v) is 3.46. The zero-order chi connectivity index (χ0) is 15.4. The number of hydrogen-bond acceptors (Lipinski definition) is 5. The fraction of sp³-hybridized carbons (Fsp3) is 0.500. The third-order valence-electron chi connectivity index (χ3n) is 3.46. The average Bonchev–Trinajstić information content (AvgIpc) is 2.47. The van der Waals surface area contributed by atoms with E-state index in [0.717, 1.165) is 12.8 Å². The van der Waals surface area contributed by atoms with Gasteiger partial charge in [-0.1, -0.05) is 6.07 Å². The van der Waals surface area contributed by atoms with Crippen molar-refractivity contribution in [2.24, 2.45) is 5.73 Å². The molecule has 1 aromatic carbocycles. The lowest BCUT2D eigenvalue weighted by molar-refractivity contribution is -0.385. The van der Waals surface area contributed by atoms with E-state index in [1.165, 1.54) is 12.1 Å². The fourth-order valence-corrected chi connectivity index (χ4v) is 2.50. The normalized spacial score (nSPS) is 18.4. The van der Waals surface area contributed by atoms with E-state index in [-0.39, 0.29) is 35.6 Å². The Morgan fingerprint density at radius 2 is 2.33 bits per heavy atom. The number of amides is 1. The van der Waals surface area contributed by atoms with Crippen LogP contribution >= 0.6 is 0 Å². The molecule has 1 atom stereocenters. The lowest BCUT2D eigenvalue weighted by atomic mass is 10.0. The Labute approximate surface area is 122 Å². The Balaban J connectivity index is 2.35. The van der Waals surface area contributed by atoms with Crippen LogP contribution in [0.25, 0.3) is 0 Å². The average molecular weight is 293 g/mol. The molecule has 7 heteroatoms. The van der Waals surface area contributed by atoms with Gasteiger partial charge in [-0.2, -0.15) is 0 Å². The molecule has 1 aliphatic rings. The number of para-hydroxylation sites is 1. The number of ether oxygens (including phenoxy) is 1. The summed E-state index contributed by atoms with van der Waals surface area (Å²) in [6.07, 6.45) is 1.73. The van der Waals surface area contributed by atoms with Gasteiger partial charge in [-0.15, -0.1) is 0 Å². The number of rotatable bonds is 4. The second kappa shape index (κ2) is 6.53. The van der Waals surface area contributed by atoms with E-state index in [4.69, 9.17) is 10.5 Å². The van der Waals surface area contributed by atoms with Crippen LogP contribution < -0.4 is 10.5 Å². The summed E-state index contributed by atoms with van der Waals surface area (Å²) >= 11 is 0. The quantitative estimate of drug-likeness (QED) is 0.671. The van der Waals surface area contributed by atoms with Gasteiger partial charge in [0.05, 0.1) is 17.1 Å². The van der Waals surface area contributed by atoms with Gasteiger partial charge in [0.15, 0.2) is 0 Å². The zero-order valence-electron chi connectivity index (χ0n) is 11.9. The predicted octanol–water partition coefficient (Wildman–Crippen LogP) is 1.56. The van der Waals surface area contributed by atoms with Crippen LogP contribution in [0.5, 0.6) is 5.75 Å². The highest BCUT2D eigenvalue weighted by Crippen LogP contribution is 2.32. The van der Waals surface area contributed by atoms with Crippen LogP contribution in [-0.4, -0.2) is 41.5 Å². The number of nitro benzene ring substituents is 1. The van der Waals surface area contributed by atoms with Crippen LogP contribution in [0, 0.1) is 10.1 Å². The van der Waals surface area contributed by atoms with Crippen molar-refractivity contribution in [3.63, 3.8) is 0 Å². The van der Waals surface area contributed by atoms with E-state index in [2.05, 4.69) is 0 Å². The summed E-state index contributed by atoms with van der Waals surface area (Å²) in [5.41, 5.74) is 5.91. The summed E-state index contributed by atoms with van der Waals surface area (Å²) in [6.45, 7) is 3.06. The van der Waals surface area contributed by atoms with E-state index in [1.54, 1.807) is 17.9 Å². The number of benzene rings is 1. The molecule has 0 aromatic heterocycles. The predicted molar refractivity (Wildman–Crippen MR) is 77.4 cm³/mol. The topological polar surface area (TPSA) is 98.7 Å². The first-order valence-electron chi connectivity index (χ1n) is 6.99. The molecule has 0 radical (unpaired) electrons. The van der Waals surface area contributed by atoms with Gasteiger partial charge in [0.1, 0.15) is 0 Å². The Morgan fingerprint density at radius 3 is 2.95 bits per heavy atom. The van der Waals surface area contributed by atoms with Crippen molar-refractivity contribution in [2.45, 2.75) is 25.8 Å². The highest BCUT2D eigenvalue weighted by atomic mass is 16.6. The van der Waals surface area contributed by atoms with Gasteiger partial charge in [0.2, 0.25) is 5.75 Å². The molecule has 2 N–H and O–H groups in total. The van der Waals surface area contributed by atoms with Crippen LogP contribution in [0.2, 0.25) is 0 Å². The van der Waals surface area contributed by atoms with Crippen molar-refractivity contribution in [3.05, 3.63) is 33.9 Å². The summed E-state index contributed by atoms with van der Waals surface area (Å²) in [4.78, 5) is 24.8. The smallest absolute Gasteiger partial charge is 0.311 e. The van der Waals surface area contributed by atoms with Crippen molar-refractivity contribution < 1.29 is 14.5 Å². The molecule has 0 spiro atoms. The molecular weight excluding hydrogens is 274 g/mol. The minimum Gasteiger partial charge on any atom is -0.487 e. The number of piperidine rings is 1. The van der Waals surface area contributed by atoms with Gasteiger partial charge >= 0.3 is 5.69 Å². The molecule has 1 saturated heterocycles. The Bertz CT molecular complexity index is 547. The van der Waals surface area contributed by atoms with Crippen LogP contribution in [0.15, 0.2) is 18.2 Å². The largest absolute Gasteiger partial charge is 0.487 e. The van der Waals surface area contributed by atoms with Crippen molar-refractivity contribution in [1.29, 1.82) is 0 Å². The molecule has 0 bridgehead atoms. The lowest BCUT2D eigenvalue weighted by Crippen LogP contribution is -2.45. The molecule has 0 aliphatic carbocycles. The summed E-state index contributed by atoms with van der Waals surface area (Å²) < 4.78 is 5.35.